The van der Waals surface area contributed by atoms with Gasteiger partial charge in [0, 0.05) is 5.39 Å². The van der Waals surface area contributed by atoms with Crippen molar-refractivity contribution >= 4 is 22.7 Å². The van der Waals surface area contributed by atoms with Gasteiger partial charge in [-0.15, -0.1) is 0 Å². The van der Waals surface area contributed by atoms with Gasteiger partial charge in [0.15, 0.2) is 0 Å². The molecule has 19 heavy (non-hydrogen) atoms. The van der Waals surface area contributed by atoms with E-state index in [1.54, 1.807) is 13.0 Å². The summed E-state index contributed by atoms with van der Waals surface area (Å²) in [5.74, 6) is -0.937. The molecule has 0 radical (unpaired) electrons. The maximum atomic E-state index is 12.0. The molecule has 1 aromatic carbocycles. The van der Waals surface area contributed by atoms with Gasteiger partial charge in [-0.2, -0.15) is 0 Å². The lowest BCUT2D eigenvalue weighted by molar-refractivity contribution is -0.119. The zero-order valence-corrected chi connectivity index (χ0v) is 10.6. The number of benzene rings is 1. The van der Waals surface area contributed by atoms with Crippen molar-refractivity contribution < 1.29 is 9.59 Å². The summed E-state index contributed by atoms with van der Waals surface area (Å²) in [6.07, 6.45) is 0.453. The smallest absolute Gasteiger partial charge is 0.270 e. The second-order valence-electron chi connectivity index (χ2n) is 4.23. The van der Waals surface area contributed by atoms with E-state index < -0.39 is 17.9 Å². The Bertz CT molecular complexity index is 625. The summed E-state index contributed by atoms with van der Waals surface area (Å²) in [6, 6.07) is 10.3. The molecule has 0 aliphatic rings. The van der Waals surface area contributed by atoms with Gasteiger partial charge < -0.3 is 11.1 Å². The van der Waals surface area contributed by atoms with Gasteiger partial charge in [-0.1, -0.05) is 31.2 Å². The molecule has 2 amide bonds. The maximum Gasteiger partial charge on any atom is 0.270 e. The van der Waals surface area contributed by atoms with Gasteiger partial charge >= 0.3 is 0 Å². The second kappa shape index (κ2) is 5.48. The van der Waals surface area contributed by atoms with Crippen LogP contribution in [-0.2, 0) is 4.79 Å². The molecule has 2 rings (SSSR count). The van der Waals surface area contributed by atoms with Crippen molar-refractivity contribution in [3.05, 3.63) is 42.1 Å². The molecule has 5 nitrogen and oxygen atoms in total. The van der Waals surface area contributed by atoms with Crippen LogP contribution in [0.2, 0.25) is 0 Å². The zero-order valence-electron chi connectivity index (χ0n) is 10.6. The lowest BCUT2D eigenvalue weighted by atomic mass is 10.2. The van der Waals surface area contributed by atoms with Crippen molar-refractivity contribution in [3.63, 3.8) is 0 Å². The highest BCUT2D eigenvalue weighted by molar-refractivity contribution is 5.97. The number of pyridine rings is 1. The fraction of sp³-hybridized carbons (Fsp3) is 0.214. The Morgan fingerprint density at radius 2 is 2.00 bits per heavy atom. The molecule has 0 bridgehead atoms. The van der Waals surface area contributed by atoms with Gasteiger partial charge in [0.05, 0.1) is 5.52 Å². The Morgan fingerprint density at radius 3 is 2.68 bits per heavy atom. The average molecular weight is 257 g/mol. The Hall–Kier alpha value is -2.43. The van der Waals surface area contributed by atoms with Crippen molar-refractivity contribution in [2.75, 3.05) is 0 Å². The van der Waals surface area contributed by atoms with E-state index in [9.17, 15) is 9.59 Å². The summed E-state index contributed by atoms with van der Waals surface area (Å²) >= 11 is 0. The molecule has 0 fully saturated rings. The molecule has 0 spiro atoms. The first-order valence-electron chi connectivity index (χ1n) is 6.07. The number of para-hydroxylation sites is 1. The quantitative estimate of drug-likeness (QED) is 0.863. The minimum absolute atomic E-state index is 0.276. The van der Waals surface area contributed by atoms with E-state index in [2.05, 4.69) is 10.3 Å². The monoisotopic (exact) mass is 257 g/mol. The highest BCUT2D eigenvalue weighted by Gasteiger charge is 2.17. The number of amides is 2. The molecule has 1 unspecified atom stereocenters. The number of fused-ring (bicyclic) bond motifs is 1. The number of hydrogen-bond donors (Lipinski definition) is 2. The SMILES string of the molecule is CCC(NC(=O)c1ccc2ccccc2n1)C(N)=O. The van der Waals surface area contributed by atoms with Gasteiger partial charge in [-0.25, -0.2) is 4.98 Å². The van der Waals surface area contributed by atoms with Crippen LogP contribution in [0.1, 0.15) is 23.8 Å². The number of nitrogens with zero attached hydrogens (tertiary/aromatic N) is 1. The number of carbonyl (C=O) groups excluding carboxylic acids is 2. The van der Waals surface area contributed by atoms with Crippen molar-refractivity contribution in [2.24, 2.45) is 5.73 Å². The molecule has 0 saturated heterocycles. The van der Waals surface area contributed by atoms with Crippen LogP contribution >= 0.6 is 0 Å². The van der Waals surface area contributed by atoms with E-state index in [0.29, 0.717) is 6.42 Å². The van der Waals surface area contributed by atoms with Crippen molar-refractivity contribution in [1.82, 2.24) is 10.3 Å². The predicted molar refractivity (Wildman–Crippen MR) is 72.5 cm³/mol. The van der Waals surface area contributed by atoms with E-state index in [0.717, 1.165) is 10.9 Å². The lowest BCUT2D eigenvalue weighted by Crippen LogP contribution is -2.44. The fourth-order valence-corrected chi connectivity index (χ4v) is 1.80. The molecule has 1 aromatic heterocycles. The molecule has 3 N–H and O–H groups in total. The molecule has 0 aliphatic carbocycles. The standard InChI is InChI=1S/C14H15N3O2/c1-2-10(13(15)18)17-14(19)12-8-7-9-5-3-4-6-11(9)16-12/h3-8,10H,2H2,1H3,(H2,15,18)(H,17,19). The summed E-state index contributed by atoms with van der Waals surface area (Å²) in [5, 5.41) is 3.53. The molecular formula is C14H15N3O2. The van der Waals surface area contributed by atoms with Crippen LogP contribution in [0.25, 0.3) is 10.9 Å². The van der Waals surface area contributed by atoms with Crippen LogP contribution in [-0.4, -0.2) is 22.8 Å². The van der Waals surface area contributed by atoms with Crippen LogP contribution in [0.3, 0.4) is 0 Å². The molecule has 2 aromatic rings. The van der Waals surface area contributed by atoms with E-state index in [1.165, 1.54) is 0 Å². The Balaban J connectivity index is 2.24. The average Bonchev–Trinajstić information content (AvgIpc) is 2.43. The first kappa shape index (κ1) is 13.0. The highest BCUT2D eigenvalue weighted by Crippen LogP contribution is 2.11. The summed E-state index contributed by atoms with van der Waals surface area (Å²) in [5.41, 5.74) is 6.20. The van der Waals surface area contributed by atoms with Crippen LogP contribution in [0.15, 0.2) is 36.4 Å². The van der Waals surface area contributed by atoms with Crippen molar-refractivity contribution in [1.29, 1.82) is 0 Å². The van der Waals surface area contributed by atoms with E-state index in [1.807, 2.05) is 30.3 Å². The minimum atomic E-state index is -0.666. The van der Waals surface area contributed by atoms with Crippen LogP contribution in [0.4, 0.5) is 0 Å². The summed E-state index contributed by atoms with van der Waals surface area (Å²) in [7, 11) is 0. The van der Waals surface area contributed by atoms with Crippen molar-refractivity contribution in [2.45, 2.75) is 19.4 Å². The Labute approximate surface area is 110 Å². The number of aromatic nitrogens is 1. The normalized spacial score (nSPS) is 12.1. The second-order valence-corrected chi connectivity index (χ2v) is 4.23. The molecule has 5 heteroatoms. The molecule has 0 aliphatic heterocycles. The van der Waals surface area contributed by atoms with Gasteiger partial charge in [0.25, 0.3) is 5.91 Å². The summed E-state index contributed by atoms with van der Waals surface area (Å²) < 4.78 is 0. The van der Waals surface area contributed by atoms with E-state index in [-0.39, 0.29) is 5.69 Å². The molecular weight excluding hydrogens is 242 g/mol. The first-order chi connectivity index (χ1) is 9.11. The molecule has 0 saturated carbocycles. The molecule has 1 heterocycles. The first-order valence-corrected chi connectivity index (χ1v) is 6.07. The van der Waals surface area contributed by atoms with Crippen molar-refractivity contribution in [3.8, 4) is 0 Å². The van der Waals surface area contributed by atoms with Crippen LogP contribution in [0.5, 0.6) is 0 Å². The Kier molecular flexibility index (Phi) is 3.75. The zero-order chi connectivity index (χ0) is 13.8. The largest absolute Gasteiger partial charge is 0.368 e. The Morgan fingerprint density at radius 1 is 1.26 bits per heavy atom. The summed E-state index contributed by atoms with van der Waals surface area (Å²) in [6.45, 7) is 1.78. The topological polar surface area (TPSA) is 85.1 Å². The number of rotatable bonds is 4. The number of primary amides is 1. The van der Waals surface area contributed by atoms with Gasteiger partial charge in [0.2, 0.25) is 5.91 Å². The van der Waals surface area contributed by atoms with Gasteiger partial charge in [0.1, 0.15) is 11.7 Å². The molecule has 98 valence electrons. The number of hydrogen-bond acceptors (Lipinski definition) is 3. The van der Waals surface area contributed by atoms with E-state index >= 15 is 0 Å². The highest BCUT2D eigenvalue weighted by atomic mass is 16.2. The third kappa shape index (κ3) is 2.88. The van der Waals surface area contributed by atoms with Gasteiger partial charge in [-0.05, 0) is 18.6 Å². The number of nitrogens with two attached hydrogens (primary N) is 1. The summed E-state index contributed by atoms with van der Waals surface area (Å²) in [4.78, 5) is 27.3. The van der Waals surface area contributed by atoms with Gasteiger partial charge in [-0.3, -0.25) is 9.59 Å². The van der Waals surface area contributed by atoms with Crippen LogP contribution in [0, 0.1) is 0 Å². The number of carbonyl (C=O) groups is 2. The third-order valence-electron chi connectivity index (χ3n) is 2.89. The minimum Gasteiger partial charge on any atom is -0.368 e. The predicted octanol–water partition coefficient (Wildman–Crippen LogP) is 1.23. The fourth-order valence-electron chi connectivity index (χ4n) is 1.80. The lowest BCUT2D eigenvalue weighted by Gasteiger charge is -2.12. The molecule has 1 atom stereocenters. The van der Waals surface area contributed by atoms with E-state index in [4.69, 9.17) is 5.73 Å². The maximum absolute atomic E-state index is 12.0. The number of nitrogens with one attached hydrogen (secondary N) is 1. The van der Waals surface area contributed by atoms with Crippen LogP contribution < -0.4 is 11.1 Å². The third-order valence-corrected chi connectivity index (χ3v) is 2.89.